The molecule has 0 atom stereocenters. The summed E-state index contributed by atoms with van der Waals surface area (Å²) >= 11 is 0. The molecule has 0 bridgehead atoms. The van der Waals surface area contributed by atoms with Crippen LogP contribution >= 0.6 is 0 Å². The van der Waals surface area contributed by atoms with Gasteiger partial charge >= 0.3 is 0 Å². The molecule has 0 fully saturated rings. The van der Waals surface area contributed by atoms with E-state index in [9.17, 15) is 9.59 Å². The molecular weight excluding hydrogens is 454 g/mol. The molecule has 0 saturated heterocycles. The van der Waals surface area contributed by atoms with Gasteiger partial charge in [0.1, 0.15) is 5.82 Å². The Bertz CT molecular complexity index is 1490. The quantitative estimate of drug-likeness (QED) is 0.292. The van der Waals surface area contributed by atoms with Crippen LogP contribution in [0.2, 0.25) is 0 Å². The SMILES string of the molecule is C=CC(=O)Nc1ccc(CNc2nc(-n3c(C)cc4c(C(C)=O)cccc43)nc3c2COCC3)cc1. The van der Waals surface area contributed by atoms with Crippen molar-refractivity contribution in [2.24, 2.45) is 0 Å². The van der Waals surface area contributed by atoms with Crippen molar-refractivity contribution >= 4 is 34.1 Å². The highest BCUT2D eigenvalue weighted by molar-refractivity contribution is 6.07. The van der Waals surface area contributed by atoms with Gasteiger partial charge in [0.05, 0.1) is 24.4 Å². The van der Waals surface area contributed by atoms with Crippen molar-refractivity contribution in [1.29, 1.82) is 0 Å². The van der Waals surface area contributed by atoms with Crippen molar-refractivity contribution in [3.63, 3.8) is 0 Å². The van der Waals surface area contributed by atoms with Crippen LogP contribution in [-0.4, -0.2) is 32.8 Å². The first-order chi connectivity index (χ1) is 17.4. The Morgan fingerprint density at radius 1 is 1.17 bits per heavy atom. The van der Waals surface area contributed by atoms with Crippen molar-refractivity contribution in [2.75, 3.05) is 17.2 Å². The molecule has 1 aliphatic heterocycles. The highest BCUT2D eigenvalue weighted by atomic mass is 16.5. The smallest absolute Gasteiger partial charge is 0.247 e. The number of Topliss-reactive ketones (excluding diaryl/α,β-unsaturated/α-hetero) is 1. The molecule has 8 heteroatoms. The first kappa shape index (κ1) is 23.4. The van der Waals surface area contributed by atoms with Crippen LogP contribution in [-0.2, 0) is 29.1 Å². The van der Waals surface area contributed by atoms with E-state index in [4.69, 9.17) is 14.7 Å². The second-order valence-electron chi connectivity index (χ2n) is 8.76. The number of benzene rings is 2. The summed E-state index contributed by atoms with van der Waals surface area (Å²) in [6.07, 6.45) is 1.94. The number of amides is 1. The third-order valence-corrected chi connectivity index (χ3v) is 6.29. The van der Waals surface area contributed by atoms with Gasteiger partial charge in [0.2, 0.25) is 11.9 Å². The summed E-state index contributed by atoms with van der Waals surface area (Å²) in [6, 6.07) is 15.3. The molecular formula is C28H27N5O3. The number of ether oxygens (including phenoxy) is 1. The third-order valence-electron chi connectivity index (χ3n) is 6.29. The number of carbonyl (C=O) groups excluding carboxylic acids is 2. The number of anilines is 2. The highest BCUT2D eigenvalue weighted by Crippen LogP contribution is 2.29. The summed E-state index contributed by atoms with van der Waals surface area (Å²) in [5, 5.41) is 7.10. The minimum Gasteiger partial charge on any atom is -0.376 e. The van der Waals surface area contributed by atoms with Crippen LogP contribution in [0.3, 0.4) is 0 Å². The predicted octanol–water partition coefficient (Wildman–Crippen LogP) is 4.74. The van der Waals surface area contributed by atoms with E-state index in [1.807, 2.05) is 60.0 Å². The molecule has 1 aliphatic rings. The minimum absolute atomic E-state index is 0.0266. The minimum atomic E-state index is -0.246. The average Bonchev–Trinajstić information content (AvgIpc) is 3.23. The molecule has 5 rings (SSSR count). The zero-order valence-corrected chi connectivity index (χ0v) is 20.3. The number of carbonyl (C=O) groups is 2. The second kappa shape index (κ2) is 9.75. The molecule has 2 N–H and O–H groups in total. The van der Waals surface area contributed by atoms with E-state index >= 15 is 0 Å². The molecule has 0 aliphatic carbocycles. The lowest BCUT2D eigenvalue weighted by atomic mass is 10.1. The monoisotopic (exact) mass is 481 g/mol. The molecule has 0 saturated carbocycles. The third kappa shape index (κ3) is 4.50. The average molecular weight is 482 g/mol. The van der Waals surface area contributed by atoms with E-state index in [2.05, 4.69) is 17.2 Å². The molecule has 182 valence electrons. The number of ketones is 1. The second-order valence-corrected chi connectivity index (χ2v) is 8.76. The van der Waals surface area contributed by atoms with Gasteiger partial charge in [0, 0.05) is 40.9 Å². The molecule has 2 aromatic heterocycles. The number of aromatic nitrogens is 3. The summed E-state index contributed by atoms with van der Waals surface area (Å²) in [5.41, 5.74) is 6.19. The van der Waals surface area contributed by atoms with Gasteiger partial charge < -0.3 is 15.4 Å². The number of fused-ring (bicyclic) bond motifs is 2. The van der Waals surface area contributed by atoms with Crippen molar-refractivity contribution in [3.8, 4) is 5.95 Å². The lowest BCUT2D eigenvalue weighted by Crippen LogP contribution is -2.19. The van der Waals surface area contributed by atoms with Gasteiger partial charge in [-0.1, -0.05) is 30.8 Å². The topological polar surface area (TPSA) is 98.1 Å². The Balaban J connectivity index is 1.49. The van der Waals surface area contributed by atoms with Crippen LogP contribution in [0.25, 0.3) is 16.9 Å². The normalized spacial score (nSPS) is 12.7. The van der Waals surface area contributed by atoms with Crippen molar-refractivity contribution < 1.29 is 14.3 Å². The summed E-state index contributed by atoms with van der Waals surface area (Å²) < 4.78 is 7.71. The van der Waals surface area contributed by atoms with Crippen LogP contribution in [0.5, 0.6) is 0 Å². The fraction of sp³-hybridized carbons (Fsp3) is 0.214. The molecule has 4 aromatic rings. The number of nitrogens with zero attached hydrogens (tertiary/aromatic N) is 3. The number of rotatable bonds is 7. The van der Waals surface area contributed by atoms with Gasteiger partial charge in [-0.05, 0) is 49.8 Å². The molecule has 2 aromatic carbocycles. The van der Waals surface area contributed by atoms with Gasteiger partial charge in [0.15, 0.2) is 5.78 Å². The maximum absolute atomic E-state index is 12.2. The number of hydrogen-bond acceptors (Lipinski definition) is 6. The van der Waals surface area contributed by atoms with Gasteiger partial charge in [-0.25, -0.2) is 4.98 Å². The van der Waals surface area contributed by atoms with Crippen LogP contribution in [0.15, 0.2) is 61.2 Å². The summed E-state index contributed by atoms with van der Waals surface area (Å²) in [5.74, 6) is 1.07. The first-order valence-corrected chi connectivity index (χ1v) is 11.8. The summed E-state index contributed by atoms with van der Waals surface area (Å²) in [4.78, 5) is 33.5. The number of nitrogens with one attached hydrogen (secondary N) is 2. The van der Waals surface area contributed by atoms with Gasteiger partial charge in [-0.2, -0.15) is 4.98 Å². The molecule has 0 unspecified atom stereocenters. The van der Waals surface area contributed by atoms with Crippen molar-refractivity contribution in [2.45, 2.75) is 33.4 Å². The number of aryl methyl sites for hydroxylation is 1. The summed E-state index contributed by atoms with van der Waals surface area (Å²) in [7, 11) is 0. The molecule has 3 heterocycles. The maximum atomic E-state index is 12.2. The Hall–Kier alpha value is -4.30. The molecule has 36 heavy (non-hydrogen) atoms. The van der Waals surface area contributed by atoms with E-state index in [0.717, 1.165) is 39.2 Å². The van der Waals surface area contributed by atoms with E-state index in [-0.39, 0.29) is 11.7 Å². The largest absolute Gasteiger partial charge is 0.376 e. The van der Waals surface area contributed by atoms with Crippen molar-refractivity contribution in [3.05, 3.63) is 89.3 Å². The Morgan fingerprint density at radius 3 is 2.72 bits per heavy atom. The fourth-order valence-corrected chi connectivity index (χ4v) is 4.49. The van der Waals surface area contributed by atoms with Crippen LogP contribution in [0, 0.1) is 6.92 Å². The van der Waals surface area contributed by atoms with E-state index in [0.29, 0.717) is 43.4 Å². The van der Waals surface area contributed by atoms with Gasteiger partial charge in [0.25, 0.3) is 0 Å². The van der Waals surface area contributed by atoms with Crippen molar-refractivity contribution in [1.82, 2.24) is 14.5 Å². The maximum Gasteiger partial charge on any atom is 0.247 e. The lowest BCUT2D eigenvalue weighted by Gasteiger charge is -2.21. The standard InChI is InChI=1S/C28H27N5O3/c1-4-26(35)30-20-10-8-19(9-11-20)15-29-27-23-16-36-13-12-24(23)31-28(32-27)33-17(2)14-22-21(18(3)34)6-5-7-25(22)33/h4-11,14H,1,12-13,15-16H2,2-3H3,(H,30,35)(H,29,31,32). The molecule has 1 amide bonds. The van der Waals surface area contributed by atoms with Crippen LogP contribution in [0.4, 0.5) is 11.5 Å². The van der Waals surface area contributed by atoms with Crippen LogP contribution in [0.1, 0.15) is 39.8 Å². The zero-order chi connectivity index (χ0) is 25.2. The highest BCUT2D eigenvalue weighted by Gasteiger charge is 2.21. The Morgan fingerprint density at radius 2 is 1.97 bits per heavy atom. The Kier molecular flexibility index (Phi) is 6.35. The molecule has 8 nitrogen and oxygen atoms in total. The fourth-order valence-electron chi connectivity index (χ4n) is 4.49. The van der Waals surface area contributed by atoms with Gasteiger partial charge in [-0.15, -0.1) is 0 Å². The Labute approximate surface area is 209 Å². The lowest BCUT2D eigenvalue weighted by molar-refractivity contribution is -0.111. The van der Waals surface area contributed by atoms with Crippen LogP contribution < -0.4 is 10.6 Å². The predicted molar refractivity (Wildman–Crippen MR) is 140 cm³/mol. The van der Waals surface area contributed by atoms with Gasteiger partial charge in [-0.3, -0.25) is 14.2 Å². The number of hydrogen-bond donors (Lipinski definition) is 2. The zero-order valence-electron chi connectivity index (χ0n) is 20.3. The van der Waals surface area contributed by atoms with E-state index in [1.54, 1.807) is 6.92 Å². The molecule has 0 radical (unpaired) electrons. The molecule has 0 spiro atoms. The summed E-state index contributed by atoms with van der Waals surface area (Å²) in [6.45, 7) is 8.65. The first-order valence-electron chi connectivity index (χ1n) is 11.8. The van der Waals surface area contributed by atoms with E-state index < -0.39 is 0 Å². The van der Waals surface area contributed by atoms with E-state index in [1.165, 1.54) is 6.08 Å².